The molecule has 6 rings (SSSR count). The number of ether oxygens (including phenoxy) is 2. The van der Waals surface area contributed by atoms with Crippen molar-refractivity contribution >= 4 is 29.9 Å². The van der Waals surface area contributed by atoms with E-state index >= 15 is 0 Å². The van der Waals surface area contributed by atoms with Crippen LogP contribution in [-0.2, 0) is 36.9 Å². The van der Waals surface area contributed by atoms with Crippen molar-refractivity contribution in [3.63, 3.8) is 0 Å². The van der Waals surface area contributed by atoms with Gasteiger partial charge >= 0.3 is 12.2 Å². The maximum Gasteiger partial charge on any atom is 0.410 e. The number of nitriles is 1. The smallest absolute Gasteiger partial charge is 0.410 e. The van der Waals surface area contributed by atoms with E-state index in [9.17, 15) is 28.4 Å². The van der Waals surface area contributed by atoms with Gasteiger partial charge in [-0.05, 0) is 63.0 Å². The fraction of sp³-hybridized carbons (Fsp3) is 0.588. The molecular formula is C34H41FN6O7. The van der Waals surface area contributed by atoms with Gasteiger partial charge in [-0.15, -0.1) is 0 Å². The van der Waals surface area contributed by atoms with Crippen LogP contribution in [0, 0.1) is 23.2 Å². The fourth-order valence-corrected chi connectivity index (χ4v) is 7.39. The third-order valence-electron chi connectivity index (χ3n) is 10.1. The van der Waals surface area contributed by atoms with E-state index in [0.717, 1.165) is 44.9 Å². The number of allylic oxidation sites excluding steroid dienone is 1. The quantitative estimate of drug-likeness (QED) is 0.250. The highest BCUT2D eigenvalue weighted by Crippen LogP contribution is 2.45. The Hall–Kier alpha value is -4.67. The maximum atomic E-state index is 14.3. The van der Waals surface area contributed by atoms with E-state index in [0.29, 0.717) is 24.0 Å². The predicted molar refractivity (Wildman–Crippen MR) is 167 cm³/mol. The van der Waals surface area contributed by atoms with E-state index in [-0.39, 0.29) is 44.5 Å². The lowest BCUT2D eigenvalue weighted by Gasteiger charge is -2.29. The van der Waals surface area contributed by atoms with Crippen LogP contribution in [0.4, 0.5) is 14.0 Å². The van der Waals surface area contributed by atoms with E-state index in [2.05, 4.69) is 16.0 Å². The highest BCUT2D eigenvalue weighted by atomic mass is 19.1. The molecule has 5 aliphatic rings. The molecule has 256 valence electrons. The average Bonchev–Trinajstić information content (AvgIpc) is 3.49. The Bertz CT molecular complexity index is 1520. The normalized spacial score (nSPS) is 28.9. The molecule has 1 saturated heterocycles. The molecule has 1 aromatic rings. The summed E-state index contributed by atoms with van der Waals surface area (Å²) in [7, 11) is 0. The molecular weight excluding hydrogens is 623 g/mol. The monoisotopic (exact) mass is 664 g/mol. The molecule has 5 amide bonds. The molecule has 1 aromatic carbocycles. The average molecular weight is 665 g/mol. The second kappa shape index (κ2) is 14.2. The van der Waals surface area contributed by atoms with Crippen molar-refractivity contribution in [1.29, 1.82) is 5.26 Å². The second-order valence-corrected chi connectivity index (χ2v) is 13.4. The van der Waals surface area contributed by atoms with Crippen molar-refractivity contribution in [2.45, 2.75) is 114 Å². The summed E-state index contributed by atoms with van der Waals surface area (Å²) in [5, 5.41) is 16.8. The number of hydrogen-bond donors (Lipinski definition) is 3. The van der Waals surface area contributed by atoms with Crippen LogP contribution in [-0.4, -0.2) is 76.1 Å². The number of nitrogens with one attached hydrogen (secondary N) is 3. The van der Waals surface area contributed by atoms with Crippen molar-refractivity contribution in [3.05, 3.63) is 47.3 Å². The summed E-state index contributed by atoms with van der Waals surface area (Å²) in [5.41, 5.74) is -0.273. The molecule has 2 aliphatic carbocycles. The van der Waals surface area contributed by atoms with Crippen LogP contribution in [0.3, 0.4) is 0 Å². The number of alkyl carbamates (subject to hydrolysis) is 1. The third kappa shape index (κ3) is 7.10. The van der Waals surface area contributed by atoms with Gasteiger partial charge in [0.2, 0.25) is 11.8 Å². The van der Waals surface area contributed by atoms with Crippen LogP contribution in [0.25, 0.3) is 0 Å². The molecule has 3 heterocycles. The van der Waals surface area contributed by atoms with E-state index in [4.69, 9.17) is 14.7 Å². The largest absolute Gasteiger partial charge is 0.446 e. The standard InChI is InChI=1S/C34H41FN6O7/c35-26-13-8-9-21-17-40(19-25(21)26)33(46)48-24-15-28-29(42)39-34(31(44)37-20-36)16-22(34)10-4-2-1-3-5-14-27(30(43)41(28)18-24)38-32(45)47-23-11-6-7-12-23/h4,8-10,13,22-24,27-28H,1-3,5-7,11-12,14-19H2,(H,37,44)(H,38,45)(H,39,42)/t22-,24-,27+,28?,34-/m1/s1. The van der Waals surface area contributed by atoms with Gasteiger partial charge in [0.1, 0.15) is 35.6 Å². The van der Waals surface area contributed by atoms with E-state index in [1.54, 1.807) is 18.3 Å². The Morgan fingerprint density at radius 1 is 1.02 bits per heavy atom. The predicted octanol–water partition coefficient (Wildman–Crippen LogP) is 3.28. The zero-order valence-corrected chi connectivity index (χ0v) is 26.8. The molecule has 0 aromatic heterocycles. The number of carbonyl (C=O) groups is 5. The minimum Gasteiger partial charge on any atom is -0.446 e. The number of hydrogen-bond acceptors (Lipinski definition) is 8. The van der Waals surface area contributed by atoms with E-state index < -0.39 is 59.5 Å². The van der Waals surface area contributed by atoms with Gasteiger partial charge in [-0.1, -0.05) is 37.1 Å². The van der Waals surface area contributed by atoms with Crippen molar-refractivity contribution in [2.24, 2.45) is 5.92 Å². The van der Waals surface area contributed by atoms with Crippen LogP contribution in [0.15, 0.2) is 30.4 Å². The summed E-state index contributed by atoms with van der Waals surface area (Å²) in [6, 6.07) is 2.52. The van der Waals surface area contributed by atoms with Crippen LogP contribution >= 0.6 is 0 Å². The lowest BCUT2D eigenvalue weighted by molar-refractivity contribution is -0.141. The Labute approximate surface area is 278 Å². The molecule has 5 atom stereocenters. The Morgan fingerprint density at radius 2 is 1.81 bits per heavy atom. The first kappa shape index (κ1) is 33.2. The molecule has 0 bridgehead atoms. The van der Waals surface area contributed by atoms with Gasteiger partial charge < -0.3 is 25.0 Å². The maximum absolute atomic E-state index is 14.3. The summed E-state index contributed by atoms with van der Waals surface area (Å²) >= 11 is 0. The highest BCUT2D eigenvalue weighted by Gasteiger charge is 2.61. The Kier molecular flexibility index (Phi) is 9.84. The second-order valence-electron chi connectivity index (χ2n) is 13.4. The molecule has 13 nitrogen and oxygen atoms in total. The van der Waals surface area contributed by atoms with Gasteiger partial charge in [-0.25, -0.2) is 14.0 Å². The summed E-state index contributed by atoms with van der Waals surface area (Å²) in [6.45, 7) is 0.0563. The SMILES string of the molecule is N#CNC(=O)[C@@]12C[C@H]1C=CCCCCC[C@H](NC(=O)OC1CCCC1)C(=O)N1C[C@H](OC(=O)N3Cc4cccc(F)c4C3)CC1C(=O)N2. The van der Waals surface area contributed by atoms with Gasteiger partial charge in [0.15, 0.2) is 6.19 Å². The minimum atomic E-state index is -1.36. The van der Waals surface area contributed by atoms with Crippen molar-refractivity contribution < 1.29 is 37.8 Å². The summed E-state index contributed by atoms with van der Waals surface area (Å²) < 4.78 is 25.7. The topological polar surface area (TPSA) is 170 Å². The van der Waals surface area contributed by atoms with Gasteiger partial charge in [-0.3, -0.25) is 24.6 Å². The van der Waals surface area contributed by atoms with Crippen LogP contribution in [0.2, 0.25) is 0 Å². The van der Waals surface area contributed by atoms with E-state index in [1.807, 2.05) is 12.2 Å². The fourth-order valence-electron chi connectivity index (χ4n) is 7.39. The van der Waals surface area contributed by atoms with Gasteiger partial charge in [-0.2, -0.15) is 5.26 Å². The highest BCUT2D eigenvalue weighted by molar-refractivity contribution is 5.99. The summed E-state index contributed by atoms with van der Waals surface area (Å²) in [5.74, 6) is -2.56. The van der Waals surface area contributed by atoms with Gasteiger partial charge in [0, 0.05) is 24.4 Å². The Morgan fingerprint density at radius 3 is 2.58 bits per heavy atom. The van der Waals surface area contributed by atoms with Crippen molar-refractivity contribution in [2.75, 3.05) is 6.54 Å². The van der Waals surface area contributed by atoms with Gasteiger partial charge in [0.25, 0.3) is 5.91 Å². The number of rotatable bonds is 4. The minimum absolute atomic E-state index is 0.0284. The number of carbonyl (C=O) groups excluding carboxylic acids is 5. The zero-order chi connectivity index (χ0) is 33.8. The summed E-state index contributed by atoms with van der Waals surface area (Å²) in [4.78, 5) is 70.0. The molecule has 48 heavy (non-hydrogen) atoms. The zero-order valence-electron chi connectivity index (χ0n) is 26.8. The summed E-state index contributed by atoms with van der Waals surface area (Å²) in [6.07, 6.45) is 9.89. The number of fused-ring (bicyclic) bond motifs is 3. The Balaban J connectivity index is 1.22. The van der Waals surface area contributed by atoms with Crippen molar-refractivity contribution in [1.82, 2.24) is 25.8 Å². The lowest BCUT2D eigenvalue weighted by Crippen LogP contribution is -2.57. The molecule has 0 spiro atoms. The van der Waals surface area contributed by atoms with Crippen molar-refractivity contribution in [3.8, 4) is 6.19 Å². The first-order valence-corrected chi connectivity index (χ1v) is 16.9. The molecule has 14 heteroatoms. The van der Waals surface area contributed by atoms with Gasteiger partial charge in [0.05, 0.1) is 13.1 Å². The molecule has 3 aliphatic heterocycles. The molecule has 3 fully saturated rings. The number of amides is 5. The molecule has 3 N–H and O–H groups in total. The third-order valence-corrected chi connectivity index (χ3v) is 10.1. The van der Waals surface area contributed by atoms with Crippen LogP contribution < -0.4 is 16.0 Å². The molecule has 2 saturated carbocycles. The first-order valence-electron chi connectivity index (χ1n) is 16.9. The first-order chi connectivity index (χ1) is 23.2. The lowest BCUT2D eigenvalue weighted by atomic mass is 10.0. The molecule has 1 unspecified atom stereocenters. The number of halogens is 1. The van der Waals surface area contributed by atoms with E-state index in [1.165, 1.54) is 15.9 Å². The van der Waals surface area contributed by atoms with Crippen LogP contribution in [0.5, 0.6) is 0 Å². The number of benzene rings is 1. The number of nitrogens with zero attached hydrogens (tertiary/aromatic N) is 3. The molecule has 0 radical (unpaired) electrons. The van der Waals surface area contributed by atoms with Crippen LogP contribution in [0.1, 0.15) is 81.8 Å².